The van der Waals surface area contributed by atoms with Crippen LogP contribution < -0.4 is 9.46 Å². The number of rotatable bonds is 7. The molecule has 2 amide bonds. The smallest absolute Gasteiger partial charge is 0.261 e. The molecule has 9 nitrogen and oxygen atoms in total. The first-order valence-corrected chi connectivity index (χ1v) is 15.0. The Balaban J connectivity index is 1.27. The van der Waals surface area contributed by atoms with Crippen LogP contribution in [0.3, 0.4) is 0 Å². The number of benzene rings is 3. The molecule has 0 unspecified atom stereocenters. The molecule has 5 rings (SSSR count). The summed E-state index contributed by atoms with van der Waals surface area (Å²) in [4.78, 5) is 29.4. The van der Waals surface area contributed by atoms with Crippen molar-refractivity contribution < 1.29 is 27.5 Å². The molecule has 12 heteroatoms. The van der Waals surface area contributed by atoms with Gasteiger partial charge in [-0.2, -0.15) is 0 Å². The van der Waals surface area contributed by atoms with Crippen molar-refractivity contribution in [2.24, 2.45) is 0 Å². The number of ether oxygens (including phenoxy) is 2. The lowest BCUT2D eigenvalue weighted by molar-refractivity contribution is -0.142. The summed E-state index contributed by atoms with van der Waals surface area (Å²) in [6, 6.07) is 17.2. The maximum absolute atomic E-state index is 13.5. The lowest BCUT2D eigenvalue weighted by Gasteiger charge is -2.36. The molecule has 0 radical (unpaired) electrons. The van der Waals surface area contributed by atoms with Crippen molar-refractivity contribution in [1.82, 2.24) is 9.80 Å². The Morgan fingerprint density at radius 3 is 2.30 bits per heavy atom. The predicted octanol–water partition coefficient (Wildman–Crippen LogP) is 5.05. The Morgan fingerprint density at radius 1 is 0.925 bits per heavy atom. The van der Waals surface area contributed by atoms with E-state index >= 15 is 0 Å². The summed E-state index contributed by atoms with van der Waals surface area (Å²) in [5.41, 5.74) is 0.220. The van der Waals surface area contributed by atoms with Gasteiger partial charge in [0.2, 0.25) is 0 Å². The van der Waals surface area contributed by atoms with Crippen molar-refractivity contribution in [2.75, 3.05) is 37.5 Å². The molecule has 2 aliphatic rings. The maximum atomic E-state index is 13.5. The van der Waals surface area contributed by atoms with E-state index in [9.17, 15) is 18.0 Å². The summed E-state index contributed by atoms with van der Waals surface area (Å²) < 4.78 is 40.2. The number of para-hydroxylation sites is 1. The molecule has 3 aromatic carbocycles. The molecule has 210 valence electrons. The van der Waals surface area contributed by atoms with E-state index in [0.717, 1.165) is 6.42 Å². The fourth-order valence-corrected chi connectivity index (χ4v) is 6.03. The normalized spacial score (nSPS) is 17.5. The fourth-order valence-electron chi connectivity index (χ4n) is 4.60. The molecule has 1 atom stereocenters. The first-order valence-electron chi connectivity index (χ1n) is 12.8. The first kappa shape index (κ1) is 28.2. The molecule has 1 N–H and O–H groups in total. The van der Waals surface area contributed by atoms with Gasteiger partial charge < -0.3 is 19.3 Å². The van der Waals surface area contributed by atoms with E-state index in [1.165, 1.54) is 42.5 Å². The van der Waals surface area contributed by atoms with E-state index in [2.05, 4.69) is 4.72 Å². The van der Waals surface area contributed by atoms with Gasteiger partial charge in [-0.3, -0.25) is 14.3 Å². The number of nitrogens with zero attached hydrogens (tertiary/aromatic N) is 2. The van der Waals surface area contributed by atoms with Crippen LogP contribution in [0.4, 0.5) is 5.69 Å². The standard InChI is InChI=1S/C28H27Cl2N3O6S/c29-19-7-12-24(22(18-19)27(34)32-13-15-33(16-14-32)28(35)26-6-3-17-38-26)31-40(36,37)21-10-8-20(9-11-21)39-25-5-2-1-4-23(25)30/h1-2,4-5,7-12,18,26,31H,3,6,13-17H2/t26-/m0/s1. The third-order valence-corrected chi connectivity index (χ3v) is 8.67. The van der Waals surface area contributed by atoms with Crippen LogP contribution in [0.1, 0.15) is 23.2 Å². The largest absolute Gasteiger partial charge is 0.456 e. The van der Waals surface area contributed by atoms with Crippen LogP contribution in [-0.2, 0) is 19.6 Å². The highest BCUT2D eigenvalue weighted by atomic mass is 35.5. The second-order valence-electron chi connectivity index (χ2n) is 9.42. The lowest BCUT2D eigenvalue weighted by Crippen LogP contribution is -2.52. The molecule has 0 saturated carbocycles. The number of hydrogen-bond donors (Lipinski definition) is 1. The van der Waals surface area contributed by atoms with Crippen LogP contribution in [0.25, 0.3) is 0 Å². The Morgan fingerprint density at radius 2 is 1.62 bits per heavy atom. The van der Waals surface area contributed by atoms with Crippen LogP contribution in [0, 0.1) is 0 Å². The third-order valence-electron chi connectivity index (χ3n) is 6.74. The van der Waals surface area contributed by atoms with Gasteiger partial charge in [0.25, 0.3) is 21.8 Å². The van der Waals surface area contributed by atoms with E-state index in [1.807, 2.05) is 0 Å². The summed E-state index contributed by atoms with van der Waals surface area (Å²) in [5.74, 6) is 0.419. The number of piperazine rings is 1. The van der Waals surface area contributed by atoms with Gasteiger partial charge in [-0.25, -0.2) is 8.42 Å². The number of carbonyl (C=O) groups is 2. The van der Waals surface area contributed by atoms with Gasteiger partial charge in [-0.05, 0) is 67.4 Å². The Kier molecular flexibility index (Phi) is 8.51. The zero-order valence-corrected chi connectivity index (χ0v) is 23.7. The van der Waals surface area contributed by atoms with Crippen molar-refractivity contribution in [1.29, 1.82) is 0 Å². The summed E-state index contributed by atoms with van der Waals surface area (Å²) in [6.07, 6.45) is 1.16. The van der Waals surface area contributed by atoms with Crippen LogP contribution in [0.5, 0.6) is 11.5 Å². The molecule has 0 spiro atoms. The number of amides is 2. The second-order valence-corrected chi connectivity index (χ2v) is 11.9. The van der Waals surface area contributed by atoms with Gasteiger partial charge in [0.1, 0.15) is 17.6 Å². The topological polar surface area (TPSA) is 105 Å². The molecule has 2 aliphatic heterocycles. The van der Waals surface area contributed by atoms with Crippen LogP contribution in [-0.4, -0.2) is 68.9 Å². The van der Waals surface area contributed by atoms with E-state index in [4.69, 9.17) is 32.7 Å². The number of halogens is 2. The molecule has 2 saturated heterocycles. The molecule has 2 fully saturated rings. The highest BCUT2D eigenvalue weighted by Gasteiger charge is 2.32. The number of carbonyl (C=O) groups excluding carboxylic acids is 2. The average Bonchev–Trinajstić information content (AvgIpc) is 3.50. The van der Waals surface area contributed by atoms with Crippen molar-refractivity contribution in [3.05, 3.63) is 82.3 Å². The molecule has 3 aromatic rings. The second kappa shape index (κ2) is 12.1. The summed E-state index contributed by atoms with van der Waals surface area (Å²) in [6.45, 7) is 1.94. The van der Waals surface area contributed by atoms with Crippen molar-refractivity contribution in [3.8, 4) is 11.5 Å². The summed E-state index contributed by atoms with van der Waals surface area (Å²) in [7, 11) is -4.05. The van der Waals surface area contributed by atoms with Crippen molar-refractivity contribution >= 4 is 50.7 Å². The fraction of sp³-hybridized carbons (Fsp3) is 0.286. The van der Waals surface area contributed by atoms with Gasteiger partial charge in [0.15, 0.2) is 0 Å². The van der Waals surface area contributed by atoms with Gasteiger partial charge in [0, 0.05) is 37.8 Å². The minimum absolute atomic E-state index is 0.0198. The van der Waals surface area contributed by atoms with Crippen LogP contribution >= 0.6 is 23.2 Å². The van der Waals surface area contributed by atoms with Gasteiger partial charge >= 0.3 is 0 Å². The molecule has 2 heterocycles. The quantitative estimate of drug-likeness (QED) is 0.405. The zero-order valence-electron chi connectivity index (χ0n) is 21.4. The molecule has 0 bridgehead atoms. The zero-order chi connectivity index (χ0) is 28.3. The Hall–Kier alpha value is -3.31. The number of sulfonamides is 1. The summed E-state index contributed by atoms with van der Waals surface area (Å²) in [5, 5.41) is 0.719. The van der Waals surface area contributed by atoms with E-state index in [-0.39, 0.29) is 28.0 Å². The highest BCUT2D eigenvalue weighted by molar-refractivity contribution is 7.92. The number of nitrogens with one attached hydrogen (secondary N) is 1. The van der Waals surface area contributed by atoms with Crippen molar-refractivity contribution in [2.45, 2.75) is 23.8 Å². The molecule has 40 heavy (non-hydrogen) atoms. The first-order chi connectivity index (χ1) is 19.2. The molecule has 0 aromatic heterocycles. The predicted molar refractivity (Wildman–Crippen MR) is 152 cm³/mol. The Labute approximate surface area is 242 Å². The van der Waals surface area contributed by atoms with E-state index in [1.54, 1.807) is 34.1 Å². The third kappa shape index (κ3) is 6.36. The Bertz CT molecular complexity index is 1500. The van der Waals surface area contributed by atoms with Crippen molar-refractivity contribution in [3.63, 3.8) is 0 Å². The highest BCUT2D eigenvalue weighted by Crippen LogP contribution is 2.30. The molecular formula is C28H27Cl2N3O6S. The van der Waals surface area contributed by atoms with Gasteiger partial charge in [-0.15, -0.1) is 0 Å². The number of hydrogen-bond acceptors (Lipinski definition) is 6. The maximum Gasteiger partial charge on any atom is 0.261 e. The molecular weight excluding hydrogens is 577 g/mol. The minimum Gasteiger partial charge on any atom is -0.456 e. The van der Waals surface area contributed by atoms with Crippen LogP contribution in [0.2, 0.25) is 10.0 Å². The average molecular weight is 605 g/mol. The lowest BCUT2D eigenvalue weighted by atomic mass is 10.1. The minimum atomic E-state index is -4.05. The summed E-state index contributed by atoms with van der Waals surface area (Å²) >= 11 is 12.3. The van der Waals surface area contributed by atoms with Gasteiger partial charge in [0.05, 0.1) is 21.2 Å². The van der Waals surface area contributed by atoms with E-state index < -0.39 is 16.1 Å². The van der Waals surface area contributed by atoms with Crippen LogP contribution in [0.15, 0.2) is 71.6 Å². The monoisotopic (exact) mass is 603 g/mol. The molecule has 0 aliphatic carbocycles. The van der Waals surface area contributed by atoms with Gasteiger partial charge in [-0.1, -0.05) is 35.3 Å². The number of anilines is 1. The van der Waals surface area contributed by atoms with E-state index in [0.29, 0.717) is 60.8 Å². The SMILES string of the molecule is O=C(c1cc(Cl)ccc1NS(=O)(=O)c1ccc(Oc2ccccc2Cl)cc1)N1CCN(C(=O)[C@@H]2CCCO2)CC1.